The van der Waals surface area contributed by atoms with E-state index in [1.54, 1.807) is 0 Å². The fourth-order valence-electron chi connectivity index (χ4n) is 2.10. The van der Waals surface area contributed by atoms with E-state index in [9.17, 15) is 9.59 Å². The van der Waals surface area contributed by atoms with Crippen molar-refractivity contribution in [2.75, 3.05) is 26.7 Å². The summed E-state index contributed by atoms with van der Waals surface area (Å²) in [5.41, 5.74) is 0. The third-order valence-electron chi connectivity index (χ3n) is 2.66. The standard InChI is InChI=1S/C10H24N.C4H4O4.K.H/c1-5-8-11(4,9-6-2)10-7-3;5-3(6)1-2-4(7)8;;/h5-10H2,1-4H3;1-2H,(H,5,6)(H,7,8);;/q+1;;;/b;2-1+;;. The van der Waals surface area contributed by atoms with Gasteiger partial charge in [-0.3, -0.25) is 0 Å². The van der Waals surface area contributed by atoms with Gasteiger partial charge >= 0.3 is 63.3 Å². The van der Waals surface area contributed by atoms with Gasteiger partial charge in [-0.25, -0.2) is 9.59 Å². The summed E-state index contributed by atoms with van der Waals surface area (Å²) in [6.07, 6.45) is 5.06. The summed E-state index contributed by atoms with van der Waals surface area (Å²) in [6, 6.07) is 0. The second-order valence-corrected chi connectivity index (χ2v) is 4.80. The summed E-state index contributed by atoms with van der Waals surface area (Å²) in [4.78, 5) is 19.1. The molecule has 0 aromatic carbocycles. The van der Waals surface area contributed by atoms with Crippen LogP contribution in [0, 0.1) is 0 Å². The molecule has 0 radical (unpaired) electrons. The summed E-state index contributed by atoms with van der Waals surface area (Å²) in [7, 11) is 2.39. The molecule has 0 fully saturated rings. The summed E-state index contributed by atoms with van der Waals surface area (Å²) in [5, 5.41) is 15.6. The molecule has 0 saturated heterocycles. The van der Waals surface area contributed by atoms with Gasteiger partial charge in [-0.2, -0.15) is 0 Å². The first kappa shape index (κ1) is 25.2. The number of hydrogen-bond donors (Lipinski definition) is 2. The molecule has 0 aliphatic rings. The molecule has 0 bridgehead atoms. The van der Waals surface area contributed by atoms with Crippen molar-refractivity contribution in [1.82, 2.24) is 0 Å². The average molecular weight is 314 g/mol. The Kier molecular flexibility index (Phi) is 19.8. The van der Waals surface area contributed by atoms with Crippen LogP contribution >= 0.6 is 0 Å². The third-order valence-corrected chi connectivity index (χ3v) is 2.66. The second-order valence-electron chi connectivity index (χ2n) is 4.80. The van der Waals surface area contributed by atoms with E-state index >= 15 is 0 Å². The van der Waals surface area contributed by atoms with Gasteiger partial charge in [-0.05, 0) is 19.3 Å². The zero-order chi connectivity index (χ0) is 15.3. The van der Waals surface area contributed by atoms with Crippen LogP contribution in [0.3, 0.4) is 0 Å². The summed E-state index contributed by atoms with van der Waals surface area (Å²) in [5.74, 6) is -2.51. The minimum absolute atomic E-state index is 0. The Bertz CT molecular complexity index is 260. The minimum atomic E-state index is -1.26. The molecule has 0 amide bonds. The van der Waals surface area contributed by atoms with Crippen LogP contribution in [0.4, 0.5) is 0 Å². The topological polar surface area (TPSA) is 74.6 Å². The second kappa shape index (κ2) is 15.7. The number of quaternary nitrogens is 1. The number of nitrogens with zero attached hydrogens (tertiary/aromatic N) is 1. The van der Waals surface area contributed by atoms with E-state index in [2.05, 4.69) is 27.8 Å². The molecular formula is C14H29KNO4+. The van der Waals surface area contributed by atoms with Crippen molar-refractivity contribution >= 4 is 63.3 Å². The van der Waals surface area contributed by atoms with Crippen LogP contribution in [0.25, 0.3) is 0 Å². The van der Waals surface area contributed by atoms with Crippen LogP contribution in [0.1, 0.15) is 40.0 Å². The van der Waals surface area contributed by atoms with Crippen LogP contribution in [-0.2, 0) is 9.59 Å². The Hall–Kier alpha value is 0.276. The molecule has 0 aromatic rings. The van der Waals surface area contributed by atoms with Gasteiger partial charge < -0.3 is 14.7 Å². The Morgan fingerprint density at radius 2 is 1.10 bits per heavy atom. The number of rotatable bonds is 8. The molecule has 0 aliphatic heterocycles. The van der Waals surface area contributed by atoms with Crippen molar-refractivity contribution in [3.63, 3.8) is 0 Å². The predicted octanol–water partition coefficient (Wildman–Crippen LogP) is 1.73. The number of carboxylic acid groups (broad SMARTS) is 2. The van der Waals surface area contributed by atoms with E-state index in [1.165, 1.54) is 43.4 Å². The summed E-state index contributed by atoms with van der Waals surface area (Å²) in [6.45, 7) is 10.9. The van der Waals surface area contributed by atoms with Crippen LogP contribution in [0.15, 0.2) is 12.2 Å². The molecule has 6 heteroatoms. The molecular weight excluding hydrogens is 285 g/mol. The van der Waals surface area contributed by atoms with Gasteiger partial charge in [0, 0.05) is 12.2 Å². The molecule has 0 aromatic heterocycles. The SMILES string of the molecule is CCC[N+](C)(CCC)CCC.O=C(O)/C=C/C(=O)O.[KH]. The van der Waals surface area contributed by atoms with Gasteiger partial charge in [-0.1, -0.05) is 20.8 Å². The van der Waals surface area contributed by atoms with Crippen molar-refractivity contribution in [3.05, 3.63) is 12.2 Å². The first-order valence-electron chi connectivity index (χ1n) is 6.78. The summed E-state index contributed by atoms with van der Waals surface area (Å²) < 4.78 is 1.28. The number of hydrogen-bond acceptors (Lipinski definition) is 2. The van der Waals surface area contributed by atoms with Crippen LogP contribution in [0.2, 0.25) is 0 Å². The zero-order valence-electron chi connectivity index (χ0n) is 12.6. The van der Waals surface area contributed by atoms with Gasteiger partial charge in [0.1, 0.15) is 0 Å². The van der Waals surface area contributed by atoms with Crippen molar-refractivity contribution in [2.45, 2.75) is 40.0 Å². The van der Waals surface area contributed by atoms with E-state index in [4.69, 9.17) is 10.2 Å². The quantitative estimate of drug-likeness (QED) is 0.406. The monoisotopic (exact) mass is 314 g/mol. The Balaban J connectivity index is -0.000000288. The normalized spacial score (nSPS) is 10.4. The van der Waals surface area contributed by atoms with Crippen molar-refractivity contribution in [1.29, 1.82) is 0 Å². The van der Waals surface area contributed by atoms with E-state index in [0.29, 0.717) is 12.2 Å². The zero-order valence-corrected chi connectivity index (χ0v) is 12.6. The first-order valence-corrected chi connectivity index (χ1v) is 6.78. The Labute approximate surface area is 165 Å². The fraction of sp³-hybridized carbons (Fsp3) is 0.714. The van der Waals surface area contributed by atoms with Crippen LogP contribution in [0.5, 0.6) is 0 Å². The molecule has 0 atom stereocenters. The molecule has 2 N–H and O–H groups in total. The number of aliphatic carboxylic acids is 2. The van der Waals surface area contributed by atoms with Gasteiger partial charge in [0.05, 0.1) is 26.7 Å². The molecule has 5 nitrogen and oxygen atoms in total. The third kappa shape index (κ3) is 18.3. The van der Waals surface area contributed by atoms with E-state index in [0.717, 1.165) is 0 Å². The molecule has 0 spiro atoms. The maximum atomic E-state index is 9.55. The number of carbonyl (C=O) groups is 2. The van der Waals surface area contributed by atoms with E-state index in [-0.39, 0.29) is 51.4 Å². The Morgan fingerprint density at radius 1 is 0.850 bits per heavy atom. The van der Waals surface area contributed by atoms with Crippen molar-refractivity contribution in [2.24, 2.45) is 0 Å². The first-order chi connectivity index (χ1) is 8.81. The number of carboxylic acids is 2. The molecule has 20 heavy (non-hydrogen) atoms. The molecule has 0 saturated carbocycles. The predicted molar refractivity (Wildman–Crippen MR) is 83.2 cm³/mol. The molecule has 114 valence electrons. The molecule has 0 aliphatic carbocycles. The molecule has 0 heterocycles. The van der Waals surface area contributed by atoms with Gasteiger partial charge in [0.15, 0.2) is 0 Å². The van der Waals surface area contributed by atoms with E-state index < -0.39 is 11.9 Å². The maximum absolute atomic E-state index is 9.55. The fourth-order valence-corrected chi connectivity index (χ4v) is 2.10. The van der Waals surface area contributed by atoms with Gasteiger partial charge in [0.2, 0.25) is 0 Å². The molecule has 0 rings (SSSR count). The Morgan fingerprint density at radius 3 is 1.25 bits per heavy atom. The van der Waals surface area contributed by atoms with E-state index in [1.807, 2.05) is 0 Å². The summed E-state index contributed by atoms with van der Waals surface area (Å²) >= 11 is 0. The molecule has 0 unspecified atom stereocenters. The van der Waals surface area contributed by atoms with Crippen molar-refractivity contribution < 1.29 is 24.3 Å². The van der Waals surface area contributed by atoms with Crippen molar-refractivity contribution in [3.8, 4) is 0 Å². The van der Waals surface area contributed by atoms with Gasteiger partial charge in [0.25, 0.3) is 0 Å². The average Bonchev–Trinajstić information content (AvgIpc) is 2.28. The van der Waals surface area contributed by atoms with Crippen LogP contribution < -0.4 is 0 Å². The van der Waals surface area contributed by atoms with Gasteiger partial charge in [-0.15, -0.1) is 0 Å². The van der Waals surface area contributed by atoms with Crippen LogP contribution in [-0.4, -0.2) is 105 Å².